The van der Waals surface area contributed by atoms with Crippen molar-refractivity contribution in [3.8, 4) is 23.6 Å². The van der Waals surface area contributed by atoms with Crippen LogP contribution in [0.2, 0.25) is 0 Å². The number of halogens is 1. The third-order valence-corrected chi connectivity index (χ3v) is 3.47. The van der Waals surface area contributed by atoms with Gasteiger partial charge in [0.05, 0.1) is 11.1 Å². The minimum atomic E-state index is -1.00. The van der Waals surface area contributed by atoms with Gasteiger partial charge in [-0.05, 0) is 24.3 Å². The van der Waals surface area contributed by atoms with Crippen molar-refractivity contribution in [1.29, 1.82) is 0 Å². The van der Waals surface area contributed by atoms with Gasteiger partial charge in [-0.2, -0.15) is 5.48 Å². The fourth-order valence-corrected chi connectivity index (χ4v) is 2.18. The quantitative estimate of drug-likeness (QED) is 0.427. The molecule has 2 aromatic heterocycles. The van der Waals surface area contributed by atoms with E-state index in [2.05, 4.69) is 21.1 Å². The van der Waals surface area contributed by atoms with E-state index in [4.69, 9.17) is 11.3 Å². The van der Waals surface area contributed by atoms with Crippen LogP contribution < -0.4 is 5.48 Å². The summed E-state index contributed by atoms with van der Waals surface area (Å²) in [6.45, 7) is 0. The second kappa shape index (κ2) is 9.42. The van der Waals surface area contributed by atoms with Gasteiger partial charge in [0, 0.05) is 18.0 Å². The molecule has 0 aliphatic heterocycles. The van der Waals surface area contributed by atoms with Crippen LogP contribution >= 0.6 is 0 Å². The van der Waals surface area contributed by atoms with Gasteiger partial charge in [-0.1, -0.05) is 24.1 Å². The number of amides is 1. The zero-order valence-electron chi connectivity index (χ0n) is 13.7. The fourth-order valence-electron chi connectivity index (χ4n) is 2.18. The average Bonchev–Trinajstić information content (AvgIpc) is 2.72. The summed E-state index contributed by atoms with van der Waals surface area (Å²) in [5.41, 5.74) is 1.52. The molecule has 0 fully saturated rings. The van der Waals surface area contributed by atoms with Crippen LogP contribution in [-0.2, 0) is 4.84 Å². The predicted octanol–water partition coefficient (Wildman–Crippen LogP) is 1.51. The molecule has 0 aliphatic rings. The maximum absolute atomic E-state index is 14.7. The minimum absolute atomic E-state index is 0. The first-order valence-electron chi connectivity index (χ1n) is 7.61. The van der Waals surface area contributed by atoms with E-state index in [0.717, 1.165) is 0 Å². The molecule has 2 heterocycles. The van der Waals surface area contributed by atoms with Crippen LogP contribution in [0.4, 0.5) is 4.39 Å². The number of rotatable bonds is 3. The fraction of sp³-hybridized carbons (Fsp3) is 0. The molecule has 1 amide bonds. The molecule has 0 aliphatic carbocycles. The van der Waals surface area contributed by atoms with Gasteiger partial charge in [0.15, 0.2) is 11.5 Å². The summed E-state index contributed by atoms with van der Waals surface area (Å²) >= 11 is 0. The van der Waals surface area contributed by atoms with Crippen LogP contribution in [0, 0.1) is 18.2 Å². The zero-order chi connectivity index (χ0) is 19.2. The maximum atomic E-state index is 14.7. The summed E-state index contributed by atoms with van der Waals surface area (Å²) < 4.78 is 14.7. The number of pyridine rings is 1. The summed E-state index contributed by atoms with van der Waals surface area (Å²) in [5, 5.41) is 7.39. The molecule has 7 nitrogen and oxygen atoms in total. The summed E-state index contributed by atoms with van der Waals surface area (Å²) in [5.74, 6) is -0.609. The average molecular weight is 370 g/mol. The van der Waals surface area contributed by atoms with Crippen molar-refractivity contribution in [2.75, 3.05) is 0 Å². The topological polar surface area (TPSA) is 94.1 Å². The molecule has 134 valence electrons. The predicted molar refractivity (Wildman–Crippen MR) is 99.6 cm³/mol. The van der Waals surface area contributed by atoms with Crippen molar-refractivity contribution >= 4 is 30.7 Å². The molecule has 0 spiro atoms. The molecule has 0 saturated carbocycles. The van der Waals surface area contributed by atoms with Crippen molar-refractivity contribution in [1.82, 2.24) is 20.7 Å². The van der Waals surface area contributed by atoms with E-state index < -0.39 is 29.0 Å². The van der Waals surface area contributed by atoms with Gasteiger partial charge in [-0.3, -0.25) is 9.78 Å². The Bertz CT molecular complexity index is 1040. The number of nitrogens with one attached hydrogen (secondary N) is 1. The molecule has 0 unspecified atom stereocenters. The zero-order valence-corrected chi connectivity index (χ0v) is 13.7. The van der Waals surface area contributed by atoms with Gasteiger partial charge < -0.3 is 4.84 Å². The van der Waals surface area contributed by atoms with E-state index in [1.807, 2.05) is 5.48 Å². The summed E-state index contributed by atoms with van der Waals surface area (Å²) in [4.78, 5) is 32.6. The second-order valence-corrected chi connectivity index (χ2v) is 5.15. The Labute approximate surface area is 171 Å². The van der Waals surface area contributed by atoms with Crippen molar-refractivity contribution in [2.45, 2.75) is 0 Å². The van der Waals surface area contributed by atoms with Gasteiger partial charge in [-0.25, -0.2) is 9.18 Å². The van der Waals surface area contributed by atoms with Crippen LogP contribution in [-0.4, -0.2) is 45.9 Å². The number of hydroxylamine groups is 1. The van der Waals surface area contributed by atoms with Crippen LogP contribution in [0.5, 0.6) is 0 Å². The van der Waals surface area contributed by atoms with E-state index in [9.17, 15) is 14.0 Å². The van der Waals surface area contributed by atoms with Gasteiger partial charge >= 0.3 is 30.7 Å². The molecule has 3 aromatic rings. The number of hydrogen-bond acceptors (Lipinski definition) is 6. The molecule has 1 N–H and O–H groups in total. The molecule has 0 atom stereocenters. The number of nitrogens with zero attached hydrogens (tertiary/aromatic N) is 3. The van der Waals surface area contributed by atoms with Crippen molar-refractivity contribution in [3.63, 3.8) is 0 Å². The molecule has 3 rings (SSSR count). The third kappa shape index (κ3) is 4.41. The van der Waals surface area contributed by atoms with Gasteiger partial charge in [-0.15, -0.1) is 16.6 Å². The van der Waals surface area contributed by atoms with Gasteiger partial charge in [0.2, 0.25) is 0 Å². The molecule has 0 radical (unpaired) electrons. The summed E-state index contributed by atoms with van der Waals surface area (Å²) in [6.07, 6.45) is 8.23. The van der Waals surface area contributed by atoms with Crippen LogP contribution in [0.3, 0.4) is 0 Å². The number of carbonyl (C=O) groups is 2. The SMILES string of the molecule is C#Cc1c(C(=O)NOC(=O)c2ccccc2)nnc(-c2ccncc2)c1F.[LiH]. The Kier molecular flexibility index (Phi) is 7.00. The van der Waals surface area contributed by atoms with Crippen molar-refractivity contribution < 1.29 is 18.8 Å². The number of aromatic nitrogens is 3. The van der Waals surface area contributed by atoms with Crippen LogP contribution in [0.25, 0.3) is 11.3 Å². The monoisotopic (exact) mass is 370 g/mol. The van der Waals surface area contributed by atoms with Gasteiger partial charge in [0.25, 0.3) is 0 Å². The molecule has 9 heteroatoms. The van der Waals surface area contributed by atoms with E-state index in [-0.39, 0.29) is 30.1 Å². The van der Waals surface area contributed by atoms with E-state index in [0.29, 0.717) is 5.56 Å². The Morgan fingerprint density at radius 1 is 1.07 bits per heavy atom. The first-order valence-corrected chi connectivity index (χ1v) is 7.61. The van der Waals surface area contributed by atoms with E-state index in [1.165, 1.54) is 36.7 Å². The molecular formula is C19H12FLiN4O3. The normalized spacial score (nSPS) is 9.57. The van der Waals surface area contributed by atoms with Crippen LogP contribution in [0.1, 0.15) is 26.4 Å². The Balaban J connectivity index is 0.00000280. The number of carbonyl (C=O) groups excluding carboxylic acids is 2. The Morgan fingerprint density at radius 3 is 2.39 bits per heavy atom. The van der Waals surface area contributed by atoms with E-state index >= 15 is 0 Å². The molecule has 1 aromatic carbocycles. The molecule has 0 saturated heterocycles. The number of benzene rings is 1. The standard InChI is InChI=1S/C19H11FN4O3.Li.H/c1-2-14-15(20)16(12-8-10-21-11-9-12)22-23-17(14)18(25)24-27-19(26)13-6-4-3-5-7-13;;/h1,3-11H,(H,24,25);;. The number of hydrogen-bond donors (Lipinski definition) is 1. The first-order chi connectivity index (χ1) is 13.1. The van der Waals surface area contributed by atoms with Crippen molar-refractivity contribution in [3.05, 3.63) is 77.5 Å². The van der Waals surface area contributed by atoms with Gasteiger partial charge in [0.1, 0.15) is 5.69 Å². The van der Waals surface area contributed by atoms with Crippen LogP contribution in [0.15, 0.2) is 54.9 Å². The Morgan fingerprint density at radius 2 is 1.75 bits per heavy atom. The summed E-state index contributed by atoms with van der Waals surface area (Å²) in [6, 6.07) is 11.0. The third-order valence-electron chi connectivity index (χ3n) is 3.47. The molecule has 0 bridgehead atoms. The Hall–Kier alpha value is -3.52. The molecular weight excluding hydrogens is 358 g/mol. The summed E-state index contributed by atoms with van der Waals surface area (Å²) in [7, 11) is 0. The molecule has 28 heavy (non-hydrogen) atoms. The second-order valence-electron chi connectivity index (χ2n) is 5.15. The van der Waals surface area contributed by atoms with E-state index in [1.54, 1.807) is 18.2 Å². The number of terminal acetylenes is 1. The van der Waals surface area contributed by atoms with Crippen molar-refractivity contribution in [2.24, 2.45) is 0 Å². The first kappa shape index (κ1) is 20.8.